The molecule has 374 valence electrons. The average molecular weight is 990 g/mol. The molecule has 0 radical (unpaired) electrons. The van der Waals surface area contributed by atoms with Gasteiger partial charge in [0.1, 0.15) is 23.0 Å². The van der Waals surface area contributed by atoms with Crippen LogP contribution in [0.1, 0.15) is 105 Å². The van der Waals surface area contributed by atoms with E-state index in [1.807, 2.05) is 0 Å². The molecule has 14 rings (SSSR count). The van der Waals surface area contributed by atoms with Crippen molar-refractivity contribution in [3.05, 3.63) is 192 Å². The Morgan fingerprint density at radius 2 is 0.763 bits per heavy atom. The summed E-state index contributed by atoms with van der Waals surface area (Å²) in [5.41, 5.74) is 18.8. The van der Waals surface area contributed by atoms with Crippen molar-refractivity contribution in [1.82, 2.24) is 13.7 Å². The van der Waals surface area contributed by atoms with Crippen LogP contribution in [0.15, 0.2) is 170 Å². The lowest BCUT2D eigenvalue weighted by Gasteiger charge is -2.35. The lowest BCUT2D eigenvalue weighted by molar-refractivity contribution is 0.463. The number of aromatic nitrogens is 3. The molecule has 3 aromatic heterocycles. The Morgan fingerprint density at radius 3 is 1.33 bits per heavy atom. The van der Waals surface area contributed by atoms with Gasteiger partial charge < -0.3 is 23.2 Å². The van der Waals surface area contributed by atoms with E-state index in [0.717, 1.165) is 67.6 Å². The van der Waals surface area contributed by atoms with Gasteiger partial charge in [0, 0.05) is 61.3 Å². The fourth-order valence-electron chi connectivity index (χ4n) is 12.6. The predicted octanol–water partition coefficient (Wildman–Crippen LogP) is 16.9. The van der Waals surface area contributed by atoms with Gasteiger partial charge in [0.05, 0.1) is 38.8 Å². The van der Waals surface area contributed by atoms with E-state index in [1.165, 1.54) is 76.5 Å². The molecule has 0 unspecified atom stereocenters. The number of hydrogen-bond acceptors (Lipinski definition) is 2. The van der Waals surface area contributed by atoms with Crippen LogP contribution in [-0.4, -0.2) is 20.4 Å². The van der Waals surface area contributed by atoms with Gasteiger partial charge in [0.25, 0.3) is 6.71 Å². The highest BCUT2D eigenvalue weighted by molar-refractivity contribution is 6.98. The Morgan fingerprint density at radius 1 is 0.316 bits per heavy atom. The SMILES string of the molecule is CC(C)(C)c1ccc2c(c1)B1c3cc(C(C)(C)C)ccc3Oc3cc(-n4c5ccc(-n6c7ccc(C(C)(C)C)cc7c7cc(C(C)(C)C)ccc76)cc5c5ccc6c(c7ccccc7n6-c6ccccc6)c54)cc(c31)O2. The molecule has 2 aliphatic heterocycles. The number of nitrogens with zero attached hydrogens (tertiary/aromatic N) is 3. The fraction of sp³-hybridized carbons (Fsp3) is 0.229. The first-order valence-corrected chi connectivity index (χ1v) is 27.2. The fourth-order valence-corrected chi connectivity index (χ4v) is 12.6. The molecule has 76 heavy (non-hydrogen) atoms. The highest BCUT2D eigenvalue weighted by atomic mass is 16.5. The van der Waals surface area contributed by atoms with Gasteiger partial charge in [-0.2, -0.15) is 0 Å². The van der Waals surface area contributed by atoms with Crippen molar-refractivity contribution in [2.45, 2.75) is 105 Å². The zero-order valence-corrected chi connectivity index (χ0v) is 45.9. The minimum absolute atomic E-state index is 0.00443. The molecule has 0 saturated heterocycles. The summed E-state index contributed by atoms with van der Waals surface area (Å²) in [5.74, 6) is 3.41. The molecule has 0 bridgehead atoms. The minimum Gasteiger partial charge on any atom is -0.458 e. The summed E-state index contributed by atoms with van der Waals surface area (Å²) >= 11 is 0. The van der Waals surface area contributed by atoms with Gasteiger partial charge in [0.2, 0.25) is 0 Å². The third kappa shape index (κ3) is 6.91. The van der Waals surface area contributed by atoms with Crippen molar-refractivity contribution in [2.75, 3.05) is 0 Å². The number of benzene rings is 9. The summed E-state index contributed by atoms with van der Waals surface area (Å²) in [4.78, 5) is 0. The van der Waals surface area contributed by atoms with E-state index in [0.29, 0.717) is 0 Å². The Kier molecular flexibility index (Phi) is 9.68. The van der Waals surface area contributed by atoms with E-state index in [-0.39, 0.29) is 28.4 Å². The maximum absolute atomic E-state index is 7.19. The average Bonchev–Trinajstić information content (AvgIpc) is 4.23. The summed E-state index contributed by atoms with van der Waals surface area (Å²) in [7, 11) is 0. The van der Waals surface area contributed by atoms with E-state index >= 15 is 0 Å². The monoisotopic (exact) mass is 990 g/mol. The van der Waals surface area contributed by atoms with Crippen LogP contribution in [0.2, 0.25) is 0 Å². The summed E-state index contributed by atoms with van der Waals surface area (Å²) in [6.07, 6.45) is 0. The first-order valence-electron chi connectivity index (χ1n) is 27.2. The topological polar surface area (TPSA) is 33.2 Å². The van der Waals surface area contributed by atoms with Crippen LogP contribution >= 0.6 is 0 Å². The highest BCUT2D eigenvalue weighted by Crippen LogP contribution is 2.46. The zero-order valence-electron chi connectivity index (χ0n) is 45.9. The Labute approximate surface area is 446 Å². The van der Waals surface area contributed by atoms with Crippen LogP contribution in [0.4, 0.5) is 0 Å². The maximum Gasteiger partial charge on any atom is 0.260 e. The predicted molar refractivity (Wildman–Crippen MR) is 322 cm³/mol. The van der Waals surface area contributed by atoms with Gasteiger partial charge in [-0.3, -0.25) is 0 Å². The molecular formula is C70H64BN3O2. The van der Waals surface area contributed by atoms with E-state index in [2.05, 4.69) is 267 Å². The quantitative estimate of drug-likeness (QED) is 0.165. The molecular weight excluding hydrogens is 926 g/mol. The van der Waals surface area contributed by atoms with E-state index in [9.17, 15) is 0 Å². The number of fused-ring (bicyclic) bond motifs is 14. The molecule has 0 aliphatic carbocycles. The Balaban J connectivity index is 1.07. The molecule has 5 nitrogen and oxygen atoms in total. The third-order valence-electron chi connectivity index (χ3n) is 16.8. The van der Waals surface area contributed by atoms with Crippen LogP contribution in [0.3, 0.4) is 0 Å². The first-order chi connectivity index (χ1) is 36.2. The molecule has 0 atom stereocenters. The lowest BCUT2D eigenvalue weighted by atomic mass is 9.34. The smallest absolute Gasteiger partial charge is 0.260 e. The maximum atomic E-state index is 7.19. The molecule has 0 fully saturated rings. The van der Waals surface area contributed by atoms with Gasteiger partial charge in [0.15, 0.2) is 0 Å². The van der Waals surface area contributed by atoms with Crippen LogP contribution in [0.5, 0.6) is 23.0 Å². The largest absolute Gasteiger partial charge is 0.458 e. The van der Waals surface area contributed by atoms with Crippen molar-refractivity contribution in [2.24, 2.45) is 0 Å². The second-order valence-corrected chi connectivity index (χ2v) is 25.9. The van der Waals surface area contributed by atoms with Crippen LogP contribution in [0, 0.1) is 0 Å². The van der Waals surface area contributed by atoms with Crippen molar-refractivity contribution < 1.29 is 9.47 Å². The Bertz CT molecular complexity index is 4280. The van der Waals surface area contributed by atoms with E-state index in [4.69, 9.17) is 9.47 Å². The number of rotatable bonds is 3. The molecule has 5 heterocycles. The summed E-state index contributed by atoms with van der Waals surface area (Å²) in [5, 5.41) is 7.30. The minimum atomic E-state index is -0.0717. The van der Waals surface area contributed by atoms with E-state index < -0.39 is 0 Å². The van der Waals surface area contributed by atoms with Gasteiger partial charge in [-0.25, -0.2) is 0 Å². The first kappa shape index (κ1) is 46.6. The van der Waals surface area contributed by atoms with Crippen LogP contribution < -0.4 is 25.9 Å². The number of hydrogen-bond donors (Lipinski definition) is 0. The molecule has 0 amide bonds. The summed E-state index contributed by atoms with van der Waals surface area (Å²) in [6, 6.07) is 63.9. The van der Waals surface area contributed by atoms with Crippen LogP contribution in [0.25, 0.3) is 82.5 Å². The van der Waals surface area contributed by atoms with Gasteiger partial charge >= 0.3 is 0 Å². The lowest BCUT2D eigenvalue weighted by Crippen LogP contribution is -2.57. The Hall–Kier alpha value is -7.96. The second kappa shape index (κ2) is 15.8. The van der Waals surface area contributed by atoms with Crippen molar-refractivity contribution in [3.8, 4) is 40.1 Å². The standard InChI is InChI=1S/C70H64BN3O2/c1-67(2,3)41-22-28-56-50(34-41)51-35-42(68(4,5)6)23-29-57(51)73(56)46-26-30-58-52(38-46)48-27-31-59-64(49-20-16-17-21-55(49)72(59)45-18-14-13-15-19-45)66(48)74(58)47-39-62-65-63(40-47)76-61-33-25-44(70(10,11)12)37-54(61)71(65)53-36-43(69(7,8)9)24-32-60(53)75-62/h13-40H,1-12H3. The third-order valence-corrected chi connectivity index (χ3v) is 16.8. The highest BCUT2D eigenvalue weighted by Gasteiger charge is 2.42. The van der Waals surface area contributed by atoms with E-state index in [1.54, 1.807) is 0 Å². The molecule has 6 heteroatoms. The number of para-hydroxylation sites is 2. The molecule has 0 N–H and O–H groups in total. The van der Waals surface area contributed by atoms with Crippen molar-refractivity contribution in [1.29, 1.82) is 0 Å². The van der Waals surface area contributed by atoms with Crippen molar-refractivity contribution >= 4 is 88.5 Å². The zero-order chi connectivity index (χ0) is 52.5. The second-order valence-electron chi connectivity index (χ2n) is 25.9. The van der Waals surface area contributed by atoms with Crippen LogP contribution in [-0.2, 0) is 21.7 Å². The van der Waals surface area contributed by atoms with Gasteiger partial charge in [-0.1, -0.05) is 162 Å². The molecule has 0 spiro atoms. The molecule has 9 aromatic carbocycles. The van der Waals surface area contributed by atoms with Gasteiger partial charge in [-0.05, 0) is 134 Å². The summed E-state index contributed by atoms with van der Waals surface area (Å²) < 4.78 is 21.8. The van der Waals surface area contributed by atoms with Gasteiger partial charge in [-0.15, -0.1) is 0 Å². The molecule has 2 aliphatic rings. The summed E-state index contributed by atoms with van der Waals surface area (Å²) in [6.45, 7) is 27.5. The normalized spacial score (nSPS) is 13.7. The molecule has 0 saturated carbocycles. The van der Waals surface area contributed by atoms with Crippen molar-refractivity contribution in [3.63, 3.8) is 0 Å². The molecule has 12 aromatic rings. The number of ether oxygens (including phenoxy) is 2.